The van der Waals surface area contributed by atoms with E-state index in [1.807, 2.05) is 0 Å². The summed E-state index contributed by atoms with van der Waals surface area (Å²) in [6, 6.07) is 13.5. The van der Waals surface area contributed by atoms with Crippen molar-refractivity contribution in [3.8, 4) is 0 Å². The number of fused-ring (bicyclic) bond motifs is 3. The van der Waals surface area contributed by atoms with Crippen LogP contribution < -0.4 is 15.4 Å². The maximum absolute atomic E-state index is 12.5. The Balaban J connectivity index is 1.99. The maximum atomic E-state index is 12.5. The van der Waals surface area contributed by atoms with Crippen LogP contribution >= 0.6 is 0 Å². The molecule has 0 radical (unpaired) electrons. The first-order valence-corrected chi connectivity index (χ1v) is 7.83. The predicted octanol–water partition coefficient (Wildman–Crippen LogP) is 1.20. The van der Waals surface area contributed by atoms with Crippen molar-refractivity contribution < 1.29 is 13.2 Å². The molecule has 3 N–H and O–H groups in total. The molecule has 1 amide bonds. The molecule has 0 saturated heterocycles. The Hall–Kier alpha value is -2.38. The van der Waals surface area contributed by atoms with Crippen molar-refractivity contribution in [1.29, 1.82) is 0 Å². The van der Waals surface area contributed by atoms with E-state index in [0.717, 1.165) is 0 Å². The number of para-hydroxylation sites is 2. The Morgan fingerprint density at radius 1 is 0.905 bits per heavy atom. The van der Waals surface area contributed by atoms with Crippen molar-refractivity contribution in [1.82, 2.24) is 4.72 Å². The average molecular weight is 301 g/mol. The van der Waals surface area contributed by atoms with Crippen LogP contribution in [0.2, 0.25) is 0 Å². The summed E-state index contributed by atoms with van der Waals surface area (Å²) >= 11 is 0. The molecular weight excluding hydrogens is 290 g/mol. The largest absolute Gasteiger partial charge is 0.354 e. The minimum Gasteiger partial charge on any atom is -0.354 e. The molecule has 0 aromatic heterocycles. The van der Waals surface area contributed by atoms with Gasteiger partial charge >= 0.3 is 0 Å². The summed E-state index contributed by atoms with van der Waals surface area (Å²) in [4.78, 5) is 12.5. The summed E-state index contributed by atoms with van der Waals surface area (Å²) in [6.07, 6.45) is 0. The van der Waals surface area contributed by atoms with E-state index in [4.69, 9.17) is 0 Å². The third-order valence-corrected chi connectivity index (χ3v) is 5.22. The van der Waals surface area contributed by atoms with Crippen LogP contribution in [0.1, 0.15) is 5.56 Å². The zero-order chi connectivity index (χ0) is 14.7. The maximum Gasteiger partial charge on any atom is 0.271 e. The number of carbonyl (C=O) groups is 1. The fourth-order valence-electron chi connectivity index (χ4n) is 2.77. The van der Waals surface area contributed by atoms with E-state index >= 15 is 0 Å². The van der Waals surface area contributed by atoms with Crippen LogP contribution in [-0.2, 0) is 20.5 Å². The molecule has 2 aromatic rings. The summed E-state index contributed by atoms with van der Waals surface area (Å²) in [7, 11) is -3.78. The van der Waals surface area contributed by atoms with Crippen molar-refractivity contribution in [2.75, 3.05) is 10.6 Å². The third kappa shape index (κ3) is 1.55. The quantitative estimate of drug-likeness (QED) is 0.682. The van der Waals surface area contributed by atoms with Crippen LogP contribution in [0, 0.1) is 0 Å². The minimum absolute atomic E-state index is 0.132. The van der Waals surface area contributed by atoms with E-state index in [9.17, 15) is 13.2 Å². The molecule has 2 aliphatic heterocycles. The molecule has 1 atom stereocenters. The van der Waals surface area contributed by atoms with Gasteiger partial charge in [0.2, 0.25) is 15.7 Å². The lowest BCUT2D eigenvalue weighted by molar-refractivity contribution is -0.120. The molecule has 6 nitrogen and oxygen atoms in total. The Labute approximate surface area is 121 Å². The normalized spacial score (nSPS) is 24.9. The fourth-order valence-corrected chi connectivity index (χ4v) is 4.20. The number of amides is 1. The molecule has 2 aromatic carbocycles. The summed E-state index contributed by atoms with van der Waals surface area (Å²) in [6.45, 7) is 0. The van der Waals surface area contributed by atoms with Crippen molar-refractivity contribution in [3.05, 3.63) is 54.1 Å². The van der Waals surface area contributed by atoms with Gasteiger partial charge in [0.1, 0.15) is 4.90 Å². The van der Waals surface area contributed by atoms with Gasteiger partial charge in [-0.2, -0.15) is 4.72 Å². The van der Waals surface area contributed by atoms with Gasteiger partial charge in [-0.15, -0.1) is 0 Å². The fraction of sp³-hybridized carbons (Fsp3) is 0.0714. The SMILES string of the molecule is O=C1Nc2ccccc2C12Nc1ccccc1S(=O)(=O)N2. The number of sulfonamides is 1. The molecule has 21 heavy (non-hydrogen) atoms. The molecule has 2 aliphatic rings. The van der Waals surface area contributed by atoms with E-state index in [1.54, 1.807) is 42.5 Å². The number of hydrogen-bond donors (Lipinski definition) is 3. The van der Waals surface area contributed by atoms with Gasteiger partial charge in [0, 0.05) is 11.3 Å². The lowest BCUT2D eigenvalue weighted by atomic mass is 10.0. The number of rotatable bonds is 0. The van der Waals surface area contributed by atoms with E-state index < -0.39 is 21.6 Å². The Morgan fingerprint density at radius 3 is 2.38 bits per heavy atom. The van der Waals surface area contributed by atoms with Crippen molar-refractivity contribution in [3.63, 3.8) is 0 Å². The smallest absolute Gasteiger partial charge is 0.271 e. The summed E-state index contributed by atoms with van der Waals surface area (Å²) in [5, 5.41) is 5.73. The number of nitrogens with one attached hydrogen (secondary N) is 3. The second-order valence-electron chi connectivity index (χ2n) is 4.98. The summed E-state index contributed by atoms with van der Waals surface area (Å²) in [5.41, 5.74) is 0.0670. The summed E-state index contributed by atoms with van der Waals surface area (Å²) < 4.78 is 27.4. The van der Waals surface area contributed by atoms with Gasteiger partial charge in [0.05, 0.1) is 5.69 Å². The Bertz CT molecular complexity index is 879. The first-order chi connectivity index (χ1) is 10.0. The van der Waals surface area contributed by atoms with Crippen LogP contribution in [-0.4, -0.2) is 14.3 Å². The number of carbonyl (C=O) groups excluding carboxylic acids is 1. The van der Waals surface area contributed by atoms with Crippen LogP contribution in [0.5, 0.6) is 0 Å². The number of anilines is 2. The molecule has 0 saturated carbocycles. The zero-order valence-electron chi connectivity index (χ0n) is 10.8. The first kappa shape index (κ1) is 12.4. The molecule has 4 rings (SSSR count). The standard InChI is InChI=1S/C14H11N3O3S/c18-13-14(9-5-1-2-6-10(9)15-13)16-11-7-3-4-8-12(11)21(19,20)17-14/h1-8,16-17H,(H,15,18). The van der Waals surface area contributed by atoms with E-state index in [2.05, 4.69) is 15.4 Å². The average Bonchev–Trinajstić information content (AvgIpc) is 2.71. The number of benzene rings is 2. The highest BCUT2D eigenvalue weighted by Crippen LogP contribution is 2.41. The molecule has 0 fully saturated rings. The Kier molecular flexibility index (Phi) is 2.26. The van der Waals surface area contributed by atoms with Crippen LogP contribution in [0.3, 0.4) is 0 Å². The first-order valence-electron chi connectivity index (χ1n) is 6.35. The molecular formula is C14H11N3O3S. The third-order valence-electron chi connectivity index (χ3n) is 3.71. The topological polar surface area (TPSA) is 87.3 Å². The lowest BCUT2D eigenvalue weighted by Gasteiger charge is -2.35. The zero-order valence-corrected chi connectivity index (χ0v) is 11.6. The van der Waals surface area contributed by atoms with E-state index in [1.165, 1.54) is 6.07 Å². The number of hydrogen-bond acceptors (Lipinski definition) is 4. The van der Waals surface area contributed by atoms with Crippen LogP contribution in [0.25, 0.3) is 0 Å². The highest BCUT2D eigenvalue weighted by atomic mass is 32.2. The van der Waals surface area contributed by atoms with Crippen LogP contribution in [0.4, 0.5) is 11.4 Å². The molecule has 7 heteroatoms. The van der Waals surface area contributed by atoms with Crippen LogP contribution in [0.15, 0.2) is 53.4 Å². The van der Waals surface area contributed by atoms with E-state index in [-0.39, 0.29) is 4.90 Å². The Morgan fingerprint density at radius 2 is 1.57 bits per heavy atom. The van der Waals surface area contributed by atoms with Crippen molar-refractivity contribution in [2.24, 2.45) is 0 Å². The van der Waals surface area contributed by atoms with Gasteiger partial charge in [-0.05, 0) is 18.2 Å². The molecule has 1 unspecified atom stereocenters. The molecule has 106 valence electrons. The van der Waals surface area contributed by atoms with Gasteiger partial charge in [0.15, 0.2) is 0 Å². The summed E-state index contributed by atoms with van der Waals surface area (Å²) in [5.74, 6) is -0.443. The van der Waals surface area contributed by atoms with Gasteiger partial charge < -0.3 is 10.6 Å². The highest BCUT2D eigenvalue weighted by molar-refractivity contribution is 7.89. The molecule has 2 heterocycles. The van der Waals surface area contributed by atoms with E-state index in [0.29, 0.717) is 16.9 Å². The van der Waals surface area contributed by atoms with Gasteiger partial charge in [0.25, 0.3) is 5.91 Å². The minimum atomic E-state index is -3.78. The van der Waals surface area contributed by atoms with Gasteiger partial charge in [-0.1, -0.05) is 30.3 Å². The molecule has 0 aliphatic carbocycles. The lowest BCUT2D eigenvalue weighted by Crippen LogP contribution is -2.58. The second-order valence-corrected chi connectivity index (χ2v) is 6.63. The van der Waals surface area contributed by atoms with Crippen molar-refractivity contribution >= 4 is 27.3 Å². The second kappa shape index (κ2) is 3.84. The monoisotopic (exact) mass is 301 g/mol. The molecule has 0 bridgehead atoms. The highest BCUT2D eigenvalue weighted by Gasteiger charge is 2.52. The molecule has 1 spiro atoms. The van der Waals surface area contributed by atoms with Gasteiger partial charge in [-0.3, -0.25) is 4.79 Å². The van der Waals surface area contributed by atoms with Crippen molar-refractivity contribution in [2.45, 2.75) is 10.6 Å². The predicted molar refractivity (Wildman–Crippen MR) is 77.1 cm³/mol. The van der Waals surface area contributed by atoms with Gasteiger partial charge in [-0.25, -0.2) is 8.42 Å².